The minimum Gasteiger partial charge on any atom is -0.392 e. The van der Waals surface area contributed by atoms with Crippen LogP contribution in [0.3, 0.4) is 0 Å². The van der Waals surface area contributed by atoms with Gasteiger partial charge in [0.2, 0.25) is 9.84 Å². The molecular formula is C24H30O4S. The highest BCUT2D eigenvalue weighted by atomic mass is 32.2. The van der Waals surface area contributed by atoms with Gasteiger partial charge in [0.1, 0.15) is 0 Å². The molecule has 0 fully saturated rings. The summed E-state index contributed by atoms with van der Waals surface area (Å²) in [5.41, 5.74) is 0.159. The molecule has 4 nitrogen and oxygen atoms in total. The van der Waals surface area contributed by atoms with Gasteiger partial charge in [0.05, 0.1) is 28.1 Å². The number of aliphatic hydroxyl groups is 1. The number of hydrogen-bond donors (Lipinski definition) is 1. The molecule has 0 aromatic heterocycles. The molecule has 0 saturated carbocycles. The highest BCUT2D eigenvalue weighted by Gasteiger charge is 2.42. The van der Waals surface area contributed by atoms with Crippen molar-refractivity contribution in [1.29, 1.82) is 0 Å². The van der Waals surface area contributed by atoms with Gasteiger partial charge in [-0.1, -0.05) is 68.3 Å². The summed E-state index contributed by atoms with van der Waals surface area (Å²) in [4.78, 5) is 0.540. The summed E-state index contributed by atoms with van der Waals surface area (Å²) in [5.74, 6) is -0.409. The van der Waals surface area contributed by atoms with Crippen LogP contribution < -0.4 is 0 Å². The van der Waals surface area contributed by atoms with Crippen molar-refractivity contribution < 1.29 is 18.3 Å². The summed E-state index contributed by atoms with van der Waals surface area (Å²) < 4.78 is 33.0. The molecule has 0 spiro atoms. The second-order valence-electron chi connectivity index (χ2n) is 7.97. The van der Waals surface area contributed by atoms with Crippen molar-refractivity contribution in [1.82, 2.24) is 0 Å². The molecule has 0 bridgehead atoms. The van der Waals surface area contributed by atoms with E-state index in [-0.39, 0.29) is 9.80 Å². The monoisotopic (exact) mass is 414 g/mol. The van der Waals surface area contributed by atoms with Crippen LogP contribution in [0.4, 0.5) is 0 Å². The molecular weight excluding hydrogens is 384 g/mol. The fourth-order valence-electron chi connectivity index (χ4n) is 3.91. The van der Waals surface area contributed by atoms with Gasteiger partial charge in [0.25, 0.3) is 0 Å². The van der Waals surface area contributed by atoms with Crippen LogP contribution in [-0.4, -0.2) is 25.2 Å². The Labute approximate surface area is 174 Å². The summed E-state index contributed by atoms with van der Waals surface area (Å²) in [7, 11) is -3.71. The minimum absolute atomic E-state index is 0.257. The molecule has 3 atom stereocenters. The van der Waals surface area contributed by atoms with E-state index in [1.165, 1.54) is 0 Å². The van der Waals surface area contributed by atoms with Crippen LogP contribution in [0.25, 0.3) is 0 Å². The van der Waals surface area contributed by atoms with Gasteiger partial charge in [-0.05, 0) is 37.1 Å². The lowest BCUT2D eigenvalue weighted by Crippen LogP contribution is -2.42. The first-order valence-electron chi connectivity index (χ1n) is 10.2. The van der Waals surface area contributed by atoms with E-state index in [1.54, 1.807) is 36.4 Å². The minimum atomic E-state index is -3.71. The smallest absolute Gasteiger partial charge is 0.202 e. The molecule has 2 aromatic rings. The lowest BCUT2D eigenvalue weighted by atomic mass is 9.81. The summed E-state index contributed by atoms with van der Waals surface area (Å²) in [6.07, 6.45) is 3.81. The average Bonchev–Trinajstić information content (AvgIpc) is 2.73. The molecule has 5 heteroatoms. The zero-order valence-electron chi connectivity index (χ0n) is 17.1. The van der Waals surface area contributed by atoms with Crippen LogP contribution in [-0.2, 0) is 21.2 Å². The third-order valence-electron chi connectivity index (χ3n) is 5.54. The van der Waals surface area contributed by atoms with Gasteiger partial charge >= 0.3 is 0 Å². The predicted octanol–water partition coefficient (Wildman–Crippen LogP) is 4.89. The third kappa shape index (κ3) is 5.16. The molecule has 0 amide bonds. The number of aliphatic hydroxyl groups excluding tert-OH is 1. The first kappa shape index (κ1) is 21.8. The molecule has 3 rings (SSSR count). The van der Waals surface area contributed by atoms with Gasteiger partial charge in [-0.2, -0.15) is 0 Å². The number of rotatable bonds is 8. The topological polar surface area (TPSA) is 63.6 Å². The zero-order chi connectivity index (χ0) is 20.9. The van der Waals surface area contributed by atoms with Gasteiger partial charge in [-0.3, -0.25) is 0 Å². The van der Waals surface area contributed by atoms with Crippen LogP contribution in [0.5, 0.6) is 0 Å². The van der Waals surface area contributed by atoms with Crippen LogP contribution in [0, 0.1) is 5.92 Å². The van der Waals surface area contributed by atoms with E-state index < -0.39 is 27.5 Å². The second kappa shape index (κ2) is 9.24. The van der Waals surface area contributed by atoms with E-state index in [1.807, 2.05) is 37.3 Å². The van der Waals surface area contributed by atoms with E-state index in [4.69, 9.17) is 4.74 Å². The van der Waals surface area contributed by atoms with Crippen LogP contribution in [0.1, 0.15) is 45.1 Å². The van der Waals surface area contributed by atoms with Crippen LogP contribution in [0.2, 0.25) is 0 Å². The SMILES string of the molecule is CCCC[C@H]1C(S(=O)(=O)c2ccccc2)=C[C@](C)(OCc2ccccc2)C[C@H]1O. The highest BCUT2D eigenvalue weighted by molar-refractivity contribution is 7.95. The zero-order valence-corrected chi connectivity index (χ0v) is 17.9. The summed E-state index contributed by atoms with van der Waals surface area (Å²) in [5, 5.41) is 10.9. The molecule has 1 aliphatic rings. The van der Waals surface area contributed by atoms with Crippen LogP contribution in [0.15, 0.2) is 76.5 Å². The Morgan fingerprint density at radius 1 is 1.07 bits per heavy atom. The number of hydrogen-bond acceptors (Lipinski definition) is 4. The van der Waals surface area contributed by atoms with Crippen molar-refractivity contribution >= 4 is 9.84 Å². The summed E-state index contributed by atoms with van der Waals surface area (Å²) in [6.45, 7) is 4.28. The molecule has 0 aliphatic heterocycles. The van der Waals surface area contributed by atoms with Gasteiger partial charge in [-0.25, -0.2) is 8.42 Å². The third-order valence-corrected chi connectivity index (χ3v) is 7.47. The maximum Gasteiger partial charge on any atom is 0.202 e. The molecule has 29 heavy (non-hydrogen) atoms. The maximum atomic E-state index is 13.4. The first-order chi connectivity index (χ1) is 13.9. The second-order valence-corrected chi connectivity index (χ2v) is 9.92. The average molecular weight is 415 g/mol. The van der Waals surface area contributed by atoms with E-state index in [0.717, 1.165) is 18.4 Å². The Morgan fingerprint density at radius 2 is 1.69 bits per heavy atom. The van der Waals surface area contributed by atoms with E-state index in [0.29, 0.717) is 19.4 Å². The quantitative estimate of drug-likeness (QED) is 0.668. The number of unbranched alkanes of at least 4 members (excludes halogenated alkanes) is 1. The molecule has 156 valence electrons. The Morgan fingerprint density at radius 3 is 2.31 bits per heavy atom. The largest absolute Gasteiger partial charge is 0.392 e. The fraction of sp³-hybridized carbons (Fsp3) is 0.417. The normalized spacial score (nSPS) is 24.9. The Bertz CT molecular complexity index is 922. The van der Waals surface area contributed by atoms with Crippen molar-refractivity contribution in [3.05, 3.63) is 77.2 Å². The molecule has 1 aliphatic carbocycles. The number of sulfone groups is 1. The molecule has 0 heterocycles. The van der Waals surface area contributed by atoms with Crippen molar-refractivity contribution in [2.45, 2.75) is 62.7 Å². The van der Waals surface area contributed by atoms with Crippen molar-refractivity contribution in [2.24, 2.45) is 5.92 Å². The lowest BCUT2D eigenvalue weighted by molar-refractivity contribution is -0.0557. The Kier molecular flexibility index (Phi) is 6.93. The van der Waals surface area contributed by atoms with E-state index >= 15 is 0 Å². The first-order valence-corrected chi connectivity index (χ1v) is 11.7. The number of benzene rings is 2. The number of ether oxygens (including phenoxy) is 1. The maximum absolute atomic E-state index is 13.4. The van der Waals surface area contributed by atoms with Gasteiger partial charge in [0.15, 0.2) is 0 Å². The van der Waals surface area contributed by atoms with E-state index in [9.17, 15) is 13.5 Å². The van der Waals surface area contributed by atoms with Crippen molar-refractivity contribution in [3.8, 4) is 0 Å². The van der Waals surface area contributed by atoms with Crippen molar-refractivity contribution in [3.63, 3.8) is 0 Å². The summed E-state index contributed by atoms with van der Waals surface area (Å²) >= 11 is 0. The molecule has 2 aromatic carbocycles. The van der Waals surface area contributed by atoms with Gasteiger partial charge in [0, 0.05) is 12.3 Å². The lowest BCUT2D eigenvalue weighted by Gasteiger charge is -2.39. The van der Waals surface area contributed by atoms with Crippen LogP contribution >= 0.6 is 0 Å². The Hall–Kier alpha value is -1.95. The highest BCUT2D eigenvalue weighted by Crippen LogP contribution is 2.41. The molecule has 0 radical (unpaired) electrons. The predicted molar refractivity (Wildman–Crippen MR) is 115 cm³/mol. The van der Waals surface area contributed by atoms with Gasteiger partial charge in [-0.15, -0.1) is 0 Å². The standard InChI is InChI=1S/C24H30O4S/c1-3-4-15-21-22(25)16-24(2,28-18-19-11-7-5-8-12-19)17-23(21)29(26,27)20-13-9-6-10-14-20/h5-14,17,21-22,25H,3-4,15-16,18H2,1-2H3/t21-,22-,24-/m1/s1. The fourth-order valence-corrected chi connectivity index (χ4v) is 5.77. The molecule has 0 saturated heterocycles. The summed E-state index contributed by atoms with van der Waals surface area (Å²) in [6, 6.07) is 18.2. The molecule has 0 unspecified atom stereocenters. The molecule has 1 N–H and O–H groups in total. The Balaban J connectivity index is 1.96. The van der Waals surface area contributed by atoms with Gasteiger partial charge < -0.3 is 9.84 Å². The van der Waals surface area contributed by atoms with E-state index in [2.05, 4.69) is 6.92 Å². The van der Waals surface area contributed by atoms with Crippen molar-refractivity contribution in [2.75, 3.05) is 0 Å².